The Labute approximate surface area is 135 Å². The number of amides is 1. The summed E-state index contributed by atoms with van der Waals surface area (Å²) in [6.07, 6.45) is 0.799. The zero-order valence-corrected chi connectivity index (χ0v) is 13.5. The number of nitrogens with two attached hydrogens (primary N) is 1. The van der Waals surface area contributed by atoms with Crippen LogP contribution in [0.1, 0.15) is 37.6 Å². The molecule has 0 unspecified atom stereocenters. The van der Waals surface area contributed by atoms with Gasteiger partial charge in [-0.1, -0.05) is 43.3 Å². The fourth-order valence-corrected chi connectivity index (χ4v) is 2.85. The summed E-state index contributed by atoms with van der Waals surface area (Å²) in [7, 11) is 0. The molecule has 6 heteroatoms. The summed E-state index contributed by atoms with van der Waals surface area (Å²) >= 11 is 0. The van der Waals surface area contributed by atoms with E-state index in [1.807, 2.05) is 12.1 Å². The largest absolute Gasteiger partial charge is 0.369 e. The van der Waals surface area contributed by atoms with Crippen molar-refractivity contribution in [2.45, 2.75) is 32.7 Å². The number of rotatable bonds is 5. The van der Waals surface area contributed by atoms with E-state index in [0.29, 0.717) is 30.7 Å². The number of carbonyl (C=O) groups excluding carboxylic acids is 1. The molecule has 2 aromatic rings. The fourth-order valence-electron chi connectivity index (χ4n) is 2.85. The van der Waals surface area contributed by atoms with Crippen molar-refractivity contribution in [1.82, 2.24) is 15.0 Å². The molecule has 3 rings (SSSR count). The first-order chi connectivity index (χ1) is 11.0. The molecule has 0 spiro atoms. The highest BCUT2D eigenvalue weighted by Gasteiger charge is 2.27. The Balaban J connectivity index is 1.65. The van der Waals surface area contributed by atoms with Crippen LogP contribution in [0.2, 0.25) is 0 Å². The van der Waals surface area contributed by atoms with Crippen LogP contribution in [0.25, 0.3) is 11.4 Å². The second-order valence-electron chi connectivity index (χ2n) is 6.41. The third kappa shape index (κ3) is 3.59. The minimum absolute atomic E-state index is 0.0685. The van der Waals surface area contributed by atoms with Gasteiger partial charge in [-0.25, -0.2) is 0 Å². The lowest BCUT2D eigenvalue weighted by Gasteiger charge is -2.11. The Morgan fingerprint density at radius 1 is 1.39 bits per heavy atom. The number of carbonyl (C=O) groups is 1. The monoisotopic (exact) mass is 314 g/mol. The Morgan fingerprint density at radius 3 is 2.74 bits per heavy atom. The van der Waals surface area contributed by atoms with Gasteiger partial charge in [0.1, 0.15) is 0 Å². The van der Waals surface area contributed by atoms with Crippen molar-refractivity contribution < 1.29 is 9.32 Å². The van der Waals surface area contributed by atoms with Gasteiger partial charge in [0.25, 0.3) is 0 Å². The summed E-state index contributed by atoms with van der Waals surface area (Å²) in [6.45, 7) is 6.37. The lowest BCUT2D eigenvalue weighted by atomic mass is 10.0. The van der Waals surface area contributed by atoms with E-state index in [2.05, 4.69) is 41.0 Å². The van der Waals surface area contributed by atoms with Crippen molar-refractivity contribution in [1.29, 1.82) is 0 Å². The van der Waals surface area contributed by atoms with E-state index in [4.69, 9.17) is 10.3 Å². The SMILES string of the molecule is CC(C)c1ccc(-c2noc(CN3CC[C@@H](C(N)=O)C3)n2)cc1. The number of hydrogen-bond donors (Lipinski definition) is 1. The van der Waals surface area contributed by atoms with Gasteiger partial charge in [-0.3, -0.25) is 9.69 Å². The van der Waals surface area contributed by atoms with Crippen LogP contribution in [-0.2, 0) is 11.3 Å². The number of likely N-dealkylation sites (tertiary alicyclic amines) is 1. The maximum absolute atomic E-state index is 11.2. The lowest BCUT2D eigenvalue weighted by Crippen LogP contribution is -2.27. The third-order valence-electron chi connectivity index (χ3n) is 4.34. The molecule has 1 aliphatic rings. The molecule has 6 nitrogen and oxygen atoms in total. The molecular formula is C17H22N4O2. The minimum atomic E-state index is -0.232. The molecule has 0 saturated carbocycles. The molecule has 122 valence electrons. The minimum Gasteiger partial charge on any atom is -0.369 e. The van der Waals surface area contributed by atoms with E-state index < -0.39 is 0 Å². The fraction of sp³-hybridized carbons (Fsp3) is 0.471. The van der Waals surface area contributed by atoms with Crippen LogP contribution in [0.4, 0.5) is 0 Å². The van der Waals surface area contributed by atoms with Crippen molar-refractivity contribution in [2.24, 2.45) is 11.7 Å². The number of aromatic nitrogens is 2. The average molecular weight is 314 g/mol. The lowest BCUT2D eigenvalue weighted by molar-refractivity contribution is -0.121. The predicted octanol–water partition coefficient (Wildman–Crippen LogP) is 2.17. The summed E-state index contributed by atoms with van der Waals surface area (Å²) in [6, 6.07) is 8.22. The van der Waals surface area contributed by atoms with E-state index in [1.54, 1.807) is 0 Å². The van der Waals surface area contributed by atoms with Gasteiger partial charge in [0.15, 0.2) is 0 Å². The molecule has 1 saturated heterocycles. The summed E-state index contributed by atoms with van der Waals surface area (Å²) in [5.74, 6) is 1.36. The van der Waals surface area contributed by atoms with Crippen LogP contribution in [-0.4, -0.2) is 34.0 Å². The summed E-state index contributed by atoms with van der Waals surface area (Å²) in [4.78, 5) is 17.8. The Hall–Kier alpha value is -2.21. The Bertz CT molecular complexity index is 678. The molecule has 2 heterocycles. The number of nitrogens with zero attached hydrogens (tertiary/aromatic N) is 3. The van der Waals surface area contributed by atoms with Gasteiger partial charge in [-0.05, 0) is 24.4 Å². The highest BCUT2D eigenvalue weighted by Crippen LogP contribution is 2.22. The molecular weight excluding hydrogens is 292 g/mol. The van der Waals surface area contributed by atoms with Crippen LogP contribution < -0.4 is 5.73 Å². The molecule has 1 aliphatic heterocycles. The van der Waals surface area contributed by atoms with Gasteiger partial charge in [0.05, 0.1) is 12.5 Å². The van der Waals surface area contributed by atoms with Crippen molar-refractivity contribution in [3.63, 3.8) is 0 Å². The normalized spacial score (nSPS) is 18.7. The molecule has 1 aromatic carbocycles. The van der Waals surface area contributed by atoms with E-state index in [1.165, 1.54) is 5.56 Å². The van der Waals surface area contributed by atoms with Crippen LogP contribution in [0.5, 0.6) is 0 Å². The van der Waals surface area contributed by atoms with Gasteiger partial charge in [-0.2, -0.15) is 4.98 Å². The molecule has 0 aliphatic carbocycles. The highest BCUT2D eigenvalue weighted by atomic mass is 16.5. The summed E-state index contributed by atoms with van der Waals surface area (Å²) < 4.78 is 5.34. The highest BCUT2D eigenvalue weighted by molar-refractivity contribution is 5.77. The van der Waals surface area contributed by atoms with Gasteiger partial charge < -0.3 is 10.3 Å². The van der Waals surface area contributed by atoms with E-state index in [-0.39, 0.29) is 11.8 Å². The molecule has 1 fully saturated rings. The van der Waals surface area contributed by atoms with E-state index in [0.717, 1.165) is 18.5 Å². The van der Waals surface area contributed by atoms with Gasteiger partial charge in [-0.15, -0.1) is 0 Å². The molecule has 1 amide bonds. The zero-order chi connectivity index (χ0) is 16.4. The third-order valence-corrected chi connectivity index (χ3v) is 4.34. The molecule has 23 heavy (non-hydrogen) atoms. The van der Waals surface area contributed by atoms with Crippen molar-refractivity contribution in [3.8, 4) is 11.4 Å². The standard InChI is InChI=1S/C17H22N4O2/c1-11(2)12-3-5-13(6-4-12)17-19-15(23-20-17)10-21-8-7-14(9-21)16(18)22/h3-6,11,14H,7-10H2,1-2H3,(H2,18,22)/t14-/m1/s1. The van der Waals surface area contributed by atoms with Gasteiger partial charge in [0.2, 0.25) is 17.6 Å². The van der Waals surface area contributed by atoms with Crippen LogP contribution >= 0.6 is 0 Å². The second kappa shape index (κ2) is 6.50. The summed E-state index contributed by atoms with van der Waals surface area (Å²) in [5, 5.41) is 4.05. The van der Waals surface area contributed by atoms with Crippen molar-refractivity contribution in [3.05, 3.63) is 35.7 Å². The molecule has 1 atom stereocenters. The maximum Gasteiger partial charge on any atom is 0.241 e. The topological polar surface area (TPSA) is 85.3 Å². The van der Waals surface area contributed by atoms with Crippen LogP contribution in [0.15, 0.2) is 28.8 Å². The van der Waals surface area contributed by atoms with E-state index >= 15 is 0 Å². The Morgan fingerprint density at radius 2 is 2.13 bits per heavy atom. The zero-order valence-electron chi connectivity index (χ0n) is 13.5. The number of benzene rings is 1. The smallest absolute Gasteiger partial charge is 0.241 e. The first-order valence-electron chi connectivity index (χ1n) is 7.97. The Kier molecular flexibility index (Phi) is 4.43. The maximum atomic E-state index is 11.2. The molecule has 1 aromatic heterocycles. The molecule has 0 radical (unpaired) electrons. The summed E-state index contributed by atoms with van der Waals surface area (Å²) in [5.41, 5.74) is 7.58. The second-order valence-corrected chi connectivity index (χ2v) is 6.41. The quantitative estimate of drug-likeness (QED) is 0.914. The van der Waals surface area contributed by atoms with Crippen molar-refractivity contribution in [2.75, 3.05) is 13.1 Å². The number of primary amides is 1. The van der Waals surface area contributed by atoms with Crippen LogP contribution in [0.3, 0.4) is 0 Å². The van der Waals surface area contributed by atoms with Crippen LogP contribution in [0, 0.1) is 5.92 Å². The molecule has 0 bridgehead atoms. The van der Waals surface area contributed by atoms with Crippen molar-refractivity contribution >= 4 is 5.91 Å². The first-order valence-corrected chi connectivity index (χ1v) is 7.97. The average Bonchev–Trinajstić information content (AvgIpc) is 3.17. The molecule has 2 N–H and O–H groups in total. The van der Waals surface area contributed by atoms with Gasteiger partial charge in [0, 0.05) is 12.1 Å². The first kappa shape index (κ1) is 15.7. The predicted molar refractivity (Wildman–Crippen MR) is 86.4 cm³/mol. The van der Waals surface area contributed by atoms with E-state index in [9.17, 15) is 4.79 Å². The van der Waals surface area contributed by atoms with Gasteiger partial charge >= 0.3 is 0 Å². The number of hydrogen-bond acceptors (Lipinski definition) is 5.